The van der Waals surface area contributed by atoms with Crippen molar-refractivity contribution in [3.8, 4) is 0 Å². The third kappa shape index (κ3) is 3.84. The molecule has 6 nitrogen and oxygen atoms in total. The monoisotopic (exact) mass is 392 g/mol. The van der Waals surface area contributed by atoms with Gasteiger partial charge in [0.2, 0.25) is 5.91 Å². The van der Waals surface area contributed by atoms with Gasteiger partial charge in [-0.1, -0.05) is 36.4 Å². The highest BCUT2D eigenvalue weighted by atomic mass is 16.2. The molecular formula is C23H28N4O2. The minimum absolute atomic E-state index is 0.112. The number of carbonyl (C=O) groups is 2. The van der Waals surface area contributed by atoms with E-state index in [1.807, 2.05) is 30.0 Å². The predicted molar refractivity (Wildman–Crippen MR) is 111 cm³/mol. The quantitative estimate of drug-likeness (QED) is 0.849. The highest BCUT2D eigenvalue weighted by Gasteiger charge is 2.44. The van der Waals surface area contributed by atoms with Gasteiger partial charge in [-0.05, 0) is 44.2 Å². The number of nitrogens with one attached hydrogen (secondary N) is 1. The summed E-state index contributed by atoms with van der Waals surface area (Å²) in [7, 11) is 1.78. The van der Waals surface area contributed by atoms with Gasteiger partial charge in [0.25, 0.3) is 5.91 Å². The maximum atomic E-state index is 12.8. The summed E-state index contributed by atoms with van der Waals surface area (Å²) in [6.45, 7) is 3.01. The summed E-state index contributed by atoms with van der Waals surface area (Å²) in [5.41, 5.74) is 3.42. The fourth-order valence-corrected chi connectivity index (χ4v) is 4.66. The first-order chi connectivity index (χ1) is 14.0. The zero-order valence-electron chi connectivity index (χ0n) is 17.1. The first-order valence-electron chi connectivity index (χ1n) is 10.3. The molecule has 0 bridgehead atoms. The van der Waals surface area contributed by atoms with Crippen LogP contribution in [0.3, 0.4) is 0 Å². The van der Waals surface area contributed by atoms with Gasteiger partial charge in [-0.3, -0.25) is 14.3 Å². The van der Waals surface area contributed by atoms with Crippen molar-refractivity contribution in [1.82, 2.24) is 20.0 Å². The zero-order chi connectivity index (χ0) is 20.4. The van der Waals surface area contributed by atoms with Gasteiger partial charge in [-0.15, -0.1) is 0 Å². The van der Waals surface area contributed by atoms with Crippen LogP contribution in [0.4, 0.5) is 0 Å². The van der Waals surface area contributed by atoms with Gasteiger partial charge < -0.3 is 10.2 Å². The van der Waals surface area contributed by atoms with Gasteiger partial charge in [0, 0.05) is 31.1 Å². The van der Waals surface area contributed by atoms with Crippen LogP contribution in [0.1, 0.15) is 53.8 Å². The fourth-order valence-electron chi connectivity index (χ4n) is 4.66. The largest absolute Gasteiger partial charge is 0.350 e. The van der Waals surface area contributed by atoms with Crippen LogP contribution in [0.2, 0.25) is 0 Å². The Hall–Kier alpha value is -2.89. The number of hydrogen-bond donors (Lipinski definition) is 1. The van der Waals surface area contributed by atoms with Crippen molar-refractivity contribution in [2.45, 2.75) is 45.6 Å². The van der Waals surface area contributed by atoms with Crippen molar-refractivity contribution < 1.29 is 9.59 Å². The number of allylic oxidation sites excluding steroid dienone is 1. The molecule has 2 aromatic rings. The van der Waals surface area contributed by atoms with Gasteiger partial charge in [0.1, 0.15) is 5.69 Å². The highest BCUT2D eigenvalue weighted by Crippen LogP contribution is 2.46. The molecule has 0 saturated carbocycles. The lowest BCUT2D eigenvalue weighted by atomic mass is 9.69. The Bertz CT molecular complexity index is 947. The Labute approximate surface area is 171 Å². The molecule has 2 amide bonds. The van der Waals surface area contributed by atoms with Crippen molar-refractivity contribution in [1.29, 1.82) is 0 Å². The molecular weight excluding hydrogens is 364 g/mol. The summed E-state index contributed by atoms with van der Waals surface area (Å²) in [5, 5.41) is 7.40. The number of piperidine rings is 1. The van der Waals surface area contributed by atoms with E-state index in [9.17, 15) is 9.59 Å². The highest BCUT2D eigenvalue weighted by molar-refractivity contribution is 5.92. The fraction of sp³-hybridized carbons (Fsp3) is 0.435. The Balaban J connectivity index is 1.55. The van der Waals surface area contributed by atoms with Crippen molar-refractivity contribution in [3.63, 3.8) is 0 Å². The number of nitrogens with zero attached hydrogens (tertiary/aromatic N) is 3. The van der Waals surface area contributed by atoms with Gasteiger partial charge in [-0.25, -0.2) is 0 Å². The van der Waals surface area contributed by atoms with E-state index in [4.69, 9.17) is 0 Å². The van der Waals surface area contributed by atoms with Gasteiger partial charge in [-0.2, -0.15) is 5.10 Å². The summed E-state index contributed by atoms with van der Waals surface area (Å²) >= 11 is 0. The Morgan fingerprint density at radius 1 is 1.24 bits per heavy atom. The number of aromatic nitrogens is 2. The van der Waals surface area contributed by atoms with E-state index in [2.05, 4.69) is 28.6 Å². The molecule has 6 heteroatoms. The molecule has 29 heavy (non-hydrogen) atoms. The maximum absolute atomic E-state index is 12.8. The Kier molecular flexibility index (Phi) is 5.26. The van der Waals surface area contributed by atoms with Gasteiger partial charge >= 0.3 is 0 Å². The van der Waals surface area contributed by atoms with Crippen molar-refractivity contribution >= 4 is 11.8 Å². The second kappa shape index (κ2) is 7.85. The number of fused-ring (bicyclic) bond motifs is 1. The minimum Gasteiger partial charge on any atom is -0.350 e. The first-order valence-corrected chi connectivity index (χ1v) is 10.3. The van der Waals surface area contributed by atoms with E-state index in [0.717, 1.165) is 42.6 Å². The van der Waals surface area contributed by atoms with Gasteiger partial charge in [0.05, 0.1) is 12.2 Å². The molecule has 1 atom stereocenters. The number of rotatable bonds is 5. The van der Waals surface area contributed by atoms with Crippen LogP contribution >= 0.6 is 0 Å². The van der Waals surface area contributed by atoms with Crippen molar-refractivity contribution in [3.05, 3.63) is 65.1 Å². The summed E-state index contributed by atoms with van der Waals surface area (Å²) in [4.78, 5) is 27.5. The van der Waals surface area contributed by atoms with E-state index in [1.54, 1.807) is 17.8 Å². The van der Waals surface area contributed by atoms with Crippen LogP contribution < -0.4 is 5.32 Å². The van der Waals surface area contributed by atoms with Crippen LogP contribution in [0.25, 0.3) is 0 Å². The molecule has 1 aliphatic heterocycles. The second-order valence-electron chi connectivity index (χ2n) is 8.20. The van der Waals surface area contributed by atoms with E-state index in [1.165, 1.54) is 0 Å². The molecule has 0 radical (unpaired) electrons. The number of aryl methyl sites for hydroxylation is 2. The normalized spacial score (nSPS) is 21.5. The molecule has 2 heterocycles. The Morgan fingerprint density at radius 3 is 2.76 bits per heavy atom. The van der Waals surface area contributed by atoms with Crippen molar-refractivity contribution in [2.24, 2.45) is 12.5 Å². The molecule has 1 unspecified atom stereocenters. The molecule has 0 spiro atoms. The molecule has 1 N–H and O–H groups in total. The van der Waals surface area contributed by atoms with Crippen molar-refractivity contribution in [2.75, 3.05) is 6.54 Å². The number of hydrogen-bond acceptors (Lipinski definition) is 3. The average Bonchev–Trinajstić information content (AvgIpc) is 3.07. The summed E-state index contributed by atoms with van der Waals surface area (Å²) < 4.78 is 1.62. The van der Waals surface area contributed by atoms with E-state index >= 15 is 0 Å². The van der Waals surface area contributed by atoms with E-state index in [-0.39, 0.29) is 17.2 Å². The molecule has 1 aromatic carbocycles. The third-order valence-corrected chi connectivity index (χ3v) is 6.16. The van der Waals surface area contributed by atoms with Crippen LogP contribution in [0, 0.1) is 12.3 Å². The molecule has 4 rings (SSSR count). The lowest BCUT2D eigenvalue weighted by Crippen LogP contribution is -2.50. The van der Waals surface area contributed by atoms with Crippen LogP contribution in [0.5, 0.6) is 0 Å². The van der Waals surface area contributed by atoms with Crippen LogP contribution in [0.15, 0.2) is 48.2 Å². The SMILES string of the molecule is Cc1cc(C(=O)NCC23CCCC=C2N(Cc2ccccc2)C(=O)CC3)n(C)n1. The molecule has 1 saturated heterocycles. The zero-order valence-corrected chi connectivity index (χ0v) is 17.1. The van der Waals surface area contributed by atoms with E-state index < -0.39 is 0 Å². The summed E-state index contributed by atoms with van der Waals surface area (Å²) in [5.74, 6) is 0.0603. The average molecular weight is 393 g/mol. The second-order valence-corrected chi connectivity index (χ2v) is 8.20. The minimum atomic E-state index is -0.176. The number of carbonyl (C=O) groups excluding carboxylic acids is 2. The first kappa shape index (κ1) is 19.4. The third-order valence-electron chi connectivity index (χ3n) is 6.16. The number of amides is 2. The predicted octanol–water partition coefficient (Wildman–Crippen LogP) is 3.34. The standard InChI is InChI=1S/C23H28N4O2/c1-17-14-19(26(2)25-17)22(29)24-16-23-12-7-6-10-20(23)27(21(28)11-13-23)15-18-8-4-3-5-9-18/h3-5,8-10,14H,6-7,11-13,15-16H2,1-2H3,(H,24,29). The van der Waals surface area contributed by atoms with Crippen LogP contribution in [-0.4, -0.2) is 33.0 Å². The number of likely N-dealkylation sites (tertiary alicyclic amines) is 1. The van der Waals surface area contributed by atoms with Gasteiger partial charge in [0.15, 0.2) is 0 Å². The summed E-state index contributed by atoms with van der Waals surface area (Å²) in [6, 6.07) is 11.9. The molecule has 1 aromatic heterocycles. The topological polar surface area (TPSA) is 67.2 Å². The lowest BCUT2D eigenvalue weighted by Gasteiger charge is -2.47. The lowest BCUT2D eigenvalue weighted by molar-refractivity contribution is -0.134. The summed E-state index contributed by atoms with van der Waals surface area (Å²) in [6.07, 6.45) is 6.56. The maximum Gasteiger partial charge on any atom is 0.269 e. The smallest absolute Gasteiger partial charge is 0.269 e. The van der Waals surface area contributed by atoms with E-state index in [0.29, 0.717) is 25.2 Å². The number of benzene rings is 1. The molecule has 1 fully saturated rings. The Morgan fingerprint density at radius 2 is 2.03 bits per heavy atom. The van der Waals surface area contributed by atoms with Crippen LogP contribution in [-0.2, 0) is 18.4 Å². The molecule has 2 aliphatic rings. The molecule has 1 aliphatic carbocycles. The molecule has 152 valence electrons.